The molecule has 2 heterocycles. The van der Waals surface area contributed by atoms with Crippen LogP contribution < -0.4 is 35.4 Å². The first-order valence-corrected chi connectivity index (χ1v) is 6.76. The molecule has 2 aromatic rings. The van der Waals surface area contributed by atoms with Crippen molar-refractivity contribution in [3.8, 4) is 0 Å². The molecule has 0 radical (unpaired) electrons. The molecule has 2 nitrogen and oxygen atoms in total. The lowest BCUT2D eigenvalue weighted by Gasteiger charge is -1.89. The summed E-state index contributed by atoms with van der Waals surface area (Å²) in [6, 6.07) is 17.2. The third-order valence-corrected chi connectivity index (χ3v) is 3.67. The third kappa shape index (κ3) is 3.97. The van der Waals surface area contributed by atoms with Crippen LogP contribution in [0.2, 0.25) is 0 Å². The fraction of sp³-hybridized carbons (Fsp3) is 0.250. The van der Waals surface area contributed by atoms with E-state index >= 15 is 0 Å². The van der Waals surface area contributed by atoms with E-state index in [9.17, 15) is 0 Å². The van der Waals surface area contributed by atoms with E-state index in [1.165, 1.54) is 48.4 Å². The Morgan fingerprint density at radius 3 is 1.40 bits per heavy atom. The molecule has 4 rings (SSSR count). The smallest absolute Gasteiger partial charge is 0.133 e. The molecule has 2 aliphatic rings. The van der Waals surface area contributed by atoms with Crippen molar-refractivity contribution in [1.29, 1.82) is 0 Å². The largest absolute Gasteiger partial charge is 1.00 e. The number of halogens is 2. The minimum absolute atomic E-state index is 0. The molecule has 0 aromatic heterocycles. The number of fused-ring (bicyclic) bond motifs is 2. The Bertz CT molecular complexity index is 448. The SMILES string of the molecule is [Cl-].[Cl-].c1ccc2c(c1)CC[NH2+]2.c1ccc2c(c1)CC[NH2+]2. The van der Waals surface area contributed by atoms with Crippen LogP contribution in [0.4, 0.5) is 11.4 Å². The normalized spacial score (nSPS) is 14.0. The van der Waals surface area contributed by atoms with E-state index in [4.69, 9.17) is 0 Å². The van der Waals surface area contributed by atoms with Crippen LogP contribution in [-0.2, 0) is 12.8 Å². The highest BCUT2D eigenvalue weighted by atomic mass is 35.5. The number of rotatable bonds is 0. The average molecular weight is 311 g/mol. The number of hydrogen-bond donors (Lipinski definition) is 2. The molecule has 0 fully saturated rings. The predicted octanol–water partition coefficient (Wildman–Crippen LogP) is -5.12. The zero-order chi connectivity index (χ0) is 12.2. The summed E-state index contributed by atoms with van der Waals surface area (Å²) in [5.74, 6) is 0. The van der Waals surface area contributed by atoms with Gasteiger partial charge < -0.3 is 35.4 Å². The summed E-state index contributed by atoms with van der Waals surface area (Å²) in [5.41, 5.74) is 5.91. The van der Waals surface area contributed by atoms with E-state index < -0.39 is 0 Å². The van der Waals surface area contributed by atoms with Crippen molar-refractivity contribution >= 4 is 11.4 Å². The van der Waals surface area contributed by atoms with Gasteiger partial charge in [0.2, 0.25) is 0 Å². The van der Waals surface area contributed by atoms with E-state index in [-0.39, 0.29) is 24.8 Å². The molecular formula is C16H20Cl2N2. The van der Waals surface area contributed by atoms with E-state index in [1.807, 2.05) is 0 Å². The Morgan fingerprint density at radius 2 is 1.00 bits per heavy atom. The summed E-state index contributed by atoms with van der Waals surface area (Å²) in [6.07, 6.45) is 2.49. The van der Waals surface area contributed by atoms with Gasteiger partial charge in [-0.15, -0.1) is 0 Å². The maximum atomic E-state index is 2.30. The first kappa shape index (κ1) is 17.0. The maximum Gasteiger partial charge on any atom is 0.133 e. The van der Waals surface area contributed by atoms with E-state index in [0.29, 0.717) is 0 Å². The Labute approximate surface area is 132 Å². The second-order valence-corrected chi connectivity index (χ2v) is 4.88. The lowest BCUT2D eigenvalue weighted by molar-refractivity contribution is -0.561. The number of para-hydroxylation sites is 2. The molecular weight excluding hydrogens is 291 g/mol. The third-order valence-electron chi connectivity index (χ3n) is 3.67. The highest BCUT2D eigenvalue weighted by Crippen LogP contribution is 2.13. The van der Waals surface area contributed by atoms with Gasteiger partial charge in [-0.2, -0.15) is 0 Å². The minimum Gasteiger partial charge on any atom is -1.00 e. The van der Waals surface area contributed by atoms with Crippen molar-refractivity contribution in [3.05, 3.63) is 59.7 Å². The van der Waals surface area contributed by atoms with Gasteiger partial charge in [-0.25, -0.2) is 0 Å². The Hall–Kier alpha value is -1.06. The van der Waals surface area contributed by atoms with Gasteiger partial charge in [-0.05, 0) is 12.1 Å². The van der Waals surface area contributed by atoms with Gasteiger partial charge in [0.15, 0.2) is 0 Å². The molecule has 0 bridgehead atoms. The molecule has 0 unspecified atom stereocenters. The van der Waals surface area contributed by atoms with Crippen LogP contribution in [0.15, 0.2) is 48.5 Å². The van der Waals surface area contributed by atoms with Crippen LogP contribution >= 0.6 is 0 Å². The summed E-state index contributed by atoms with van der Waals surface area (Å²) < 4.78 is 0. The average Bonchev–Trinajstić information content (AvgIpc) is 3.08. The van der Waals surface area contributed by atoms with Crippen LogP contribution in [0.5, 0.6) is 0 Å². The van der Waals surface area contributed by atoms with Crippen LogP contribution in [0, 0.1) is 0 Å². The van der Waals surface area contributed by atoms with Crippen molar-refractivity contribution in [3.63, 3.8) is 0 Å². The van der Waals surface area contributed by atoms with Gasteiger partial charge in [0.25, 0.3) is 0 Å². The lowest BCUT2D eigenvalue weighted by Crippen LogP contribution is -3.00. The number of hydrogen-bond acceptors (Lipinski definition) is 0. The zero-order valence-corrected chi connectivity index (χ0v) is 12.9. The van der Waals surface area contributed by atoms with E-state index in [1.54, 1.807) is 0 Å². The second-order valence-electron chi connectivity index (χ2n) is 4.88. The summed E-state index contributed by atoms with van der Waals surface area (Å²) in [5, 5.41) is 4.60. The van der Waals surface area contributed by atoms with Gasteiger partial charge in [-0.1, -0.05) is 36.4 Å². The first-order valence-electron chi connectivity index (χ1n) is 6.76. The molecule has 108 valence electrons. The van der Waals surface area contributed by atoms with Crippen molar-refractivity contribution in [1.82, 2.24) is 0 Å². The van der Waals surface area contributed by atoms with Gasteiger partial charge in [0.1, 0.15) is 11.4 Å². The highest BCUT2D eigenvalue weighted by Gasteiger charge is 2.12. The summed E-state index contributed by atoms with van der Waals surface area (Å²) in [7, 11) is 0. The fourth-order valence-corrected chi connectivity index (χ4v) is 2.69. The lowest BCUT2D eigenvalue weighted by atomic mass is 10.2. The van der Waals surface area contributed by atoms with Crippen molar-refractivity contribution in [2.24, 2.45) is 0 Å². The molecule has 0 atom stereocenters. The monoisotopic (exact) mass is 310 g/mol. The standard InChI is InChI=1S/2C8H9N.2ClH/c2*1-2-4-8-7(3-1)5-6-9-8;;/h2*1-4,9H,5-6H2;2*1H. The van der Waals surface area contributed by atoms with Gasteiger partial charge in [0, 0.05) is 24.0 Å². The number of nitrogens with two attached hydrogens (primary N) is 2. The van der Waals surface area contributed by atoms with Gasteiger partial charge in [-0.3, -0.25) is 0 Å². The molecule has 0 saturated carbocycles. The van der Waals surface area contributed by atoms with E-state index in [2.05, 4.69) is 59.2 Å². The molecule has 0 spiro atoms. The maximum absolute atomic E-state index is 2.30. The molecule has 4 N–H and O–H groups in total. The number of benzene rings is 2. The molecule has 0 amide bonds. The second kappa shape index (κ2) is 8.28. The predicted molar refractivity (Wildman–Crippen MR) is 73.2 cm³/mol. The minimum atomic E-state index is 0. The van der Waals surface area contributed by atoms with E-state index in [0.717, 1.165) is 0 Å². The Balaban J connectivity index is 0.000000182. The Morgan fingerprint density at radius 1 is 0.600 bits per heavy atom. The number of quaternary nitrogens is 2. The highest BCUT2D eigenvalue weighted by molar-refractivity contribution is 5.41. The van der Waals surface area contributed by atoms with Gasteiger partial charge in [0.05, 0.1) is 13.1 Å². The van der Waals surface area contributed by atoms with Crippen LogP contribution in [0.25, 0.3) is 0 Å². The van der Waals surface area contributed by atoms with Crippen molar-refractivity contribution in [2.45, 2.75) is 12.8 Å². The van der Waals surface area contributed by atoms with Crippen LogP contribution in [0.1, 0.15) is 11.1 Å². The molecule has 2 aromatic carbocycles. The summed E-state index contributed by atoms with van der Waals surface area (Å²) in [4.78, 5) is 0. The quantitative estimate of drug-likeness (QED) is 0.457. The van der Waals surface area contributed by atoms with Crippen LogP contribution in [-0.4, -0.2) is 13.1 Å². The molecule has 0 aliphatic carbocycles. The summed E-state index contributed by atoms with van der Waals surface area (Å²) in [6.45, 7) is 2.47. The molecule has 0 saturated heterocycles. The topological polar surface area (TPSA) is 33.2 Å². The summed E-state index contributed by atoms with van der Waals surface area (Å²) >= 11 is 0. The van der Waals surface area contributed by atoms with Crippen molar-refractivity contribution < 1.29 is 35.4 Å². The molecule has 20 heavy (non-hydrogen) atoms. The van der Waals surface area contributed by atoms with Gasteiger partial charge >= 0.3 is 0 Å². The zero-order valence-electron chi connectivity index (χ0n) is 11.4. The van der Waals surface area contributed by atoms with Crippen molar-refractivity contribution in [2.75, 3.05) is 13.1 Å². The fourth-order valence-electron chi connectivity index (χ4n) is 2.69. The molecule has 4 heteroatoms. The Kier molecular flexibility index (Phi) is 7.03. The first-order chi connectivity index (χ1) is 8.93. The van der Waals surface area contributed by atoms with Crippen LogP contribution in [0.3, 0.4) is 0 Å². The molecule has 2 aliphatic heterocycles.